The molecule has 0 amide bonds. The highest BCUT2D eigenvalue weighted by atomic mass is 32.2. The molecule has 16 heavy (non-hydrogen) atoms. The van der Waals surface area contributed by atoms with E-state index in [0.717, 1.165) is 5.52 Å². The van der Waals surface area contributed by atoms with Crippen LogP contribution in [0.1, 0.15) is 13.8 Å². The van der Waals surface area contributed by atoms with Crippen LogP contribution < -0.4 is 0 Å². The Bertz CT molecular complexity index is 516. The molecule has 1 N–H and O–H groups in total. The van der Waals surface area contributed by atoms with Gasteiger partial charge in [-0.3, -0.25) is 4.55 Å². The van der Waals surface area contributed by atoms with Crippen LogP contribution in [-0.2, 0) is 10.1 Å². The second kappa shape index (κ2) is 5.38. The van der Waals surface area contributed by atoms with Crippen molar-refractivity contribution in [2.45, 2.75) is 19.1 Å². The van der Waals surface area contributed by atoms with Crippen molar-refractivity contribution in [2.75, 3.05) is 0 Å². The van der Waals surface area contributed by atoms with E-state index in [-0.39, 0.29) is 0 Å². The van der Waals surface area contributed by atoms with Crippen molar-refractivity contribution in [1.29, 1.82) is 0 Å². The third-order valence-corrected chi connectivity index (χ3v) is 3.83. The van der Waals surface area contributed by atoms with Crippen LogP contribution in [-0.4, -0.2) is 23.2 Å². The predicted molar refractivity (Wildman–Crippen MR) is 66.3 cm³/mol. The van der Waals surface area contributed by atoms with E-state index in [2.05, 4.69) is 11.1 Å². The normalized spacial score (nSPS) is 11.2. The zero-order chi connectivity index (χ0) is 12.2. The van der Waals surface area contributed by atoms with E-state index in [1.807, 2.05) is 23.7 Å². The smallest absolute Gasteiger partial charge is 0.267 e. The molecular weight excluding hydrogens is 246 g/mol. The number of nitrogens with zero attached hydrogens (tertiary/aromatic N) is 1. The molecule has 1 aromatic heterocycles. The van der Waals surface area contributed by atoms with Gasteiger partial charge in [0.05, 0.1) is 21.0 Å². The standard InChI is InChI=1S/C7H5NS.C3H8O3S/c1-2-4-7-6(3-1)8-5-9-7;1-3(2)7(4,5)6/h1-5H;3H,1-2H3,(H,4,5,6). The minimum atomic E-state index is -3.74. The van der Waals surface area contributed by atoms with E-state index in [9.17, 15) is 8.42 Å². The van der Waals surface area contributed by atoms with Gasteiger partial charge in [0.25, 0.3) is 10.1 Å². The fourth-order valence-electron chi connectivity index (χ4n) is 0.803. The molecule has 0 radical (unpaired) electrons. The van der Waals surface area contributed by atoms with Crippen molar-refractivity contribution < 1.29 is 13.0 Å². The van der Waals surface area contributed by atoms with Gasteiger partial charge in [-0.15, -0.1) is 11.3 Å². The molecule has 0 saturated carbocycles. The first kappa shape index (κ1) is 13.1. The molecule has 0 atom stereocenters. The Morgan fingerprint density at radius 3 is 2.38 bits per heavy atom. The van der Waals surface area contributed by atoms with Gasteiger partial charge in [0, 0.05) is 0 Å². The summed E-state index contributed by atoms with van der Waals surface area (Å²) in [5, 5.41) is -0.674. The molecule has 1 heterocycles. The molecule has 0 unspecified atom stereocenters. The van der Waals surface area contributed by atoms with Gasteiger partial charge in [0.15, 0.2) is 0 Å². The molecule has 0 fully saturated rings. The fraction of sp³-hybridized carbons (Fsp3) is 0.300. The highest BCUT2D eigenvalue weighted by Crippen LogP contribution is 2.15. The zero-order valence-electron chi connectivity index (χ0n) is 8.99. The Hall–Kier alpha value is -0.980. The summed E-state index contributed by atoms with van der Waals surface area (Å²) >= 11 is 1.68. The Balaban J connectivity index is 0.000000168. The Labute approximate surface area is 98.7 Å². The van der Waals surface area contributed by atoms with E-state index in [1.165, 1.54) is 18.5 Å². The van der Waals surface area contributed by atoms with E-state index in [0.29, 0.717) is 0 Å². The number of hydrogen-bond donors (Lipinski definition) is 1. The summed E-state index contributed by atoms with van der Waals surface area (Å²) in [6.07, 6.45) is 0. The lowest BCUT2D eigenvalue weighted by Gasteiger charge is -1.94. The topological polar surface area (TPSA) is 67.3 Å². The Morgan fingerprint density at radius 1 is 1.31 bits per heavy atom. The van der Waals surface area contributed by atoms with Gasteiger partial charge in [0.1, 0.15) is 0 Å². The largest absolute Gasteiger partial charge is 0.285 e. The molecular formula is C10H13NO3S2. The van der Waals surface area contributed by atoms with Crippen molar-refractivity contribution in [2.24, 2.45) is 0 Å². The lowest BCUT2D eigenvalue weighted by atomic mass is 10.3. The van der Waals surface area contributed by atoms with Gasteiger partial charge in [-0.2, -0.15) is 8.42 Å². The number of para-hydroxylation sites is 1. The molecule has 1 aromatic carbocycles. The third kappa shape index (κ3) is 3.88. The second-order valence-electron chi connectivity index (χ2n) is 3.38. The van der Waals surface area contributed by atoms with Crippen LogP contribution in [0.25, 0.3) is 10.2 Å². The third-order valence-electron chi connectivity index (χ3n) is 1.83. The maximum Gasteiger partial charge on any atom is 0.267 e. The molecule has 6 heteroatoms. The molecule has 0 spiro atoms. The zero-order valence-corrected chi connectivity index (χ0v) is 10.6. The van der Waals surface area contributed by atoms with Crippen LogP contribution in [0.3, 0.4) is 0 Å². The first-order valence-electron chi connectivity index (χ1n) is 4.66. The number of benzene rings is 1. The summed E-state index contributed by atoms with van der Waals surface area (Å²) in [6.45, 7) is 2.82. The average molecular weight is 259 g/mol. The summed E-state index contributed by atoms with van der Waals surface area (Å²) in [5.74, 6) is 0. The highest BCUT2D eigenvalue weighted by molar-refractivity contribution is 7.86. The SMILES string of the molecule is CC(C)S(=O)(=O)O.c1ccc2scnc2c1. The molecule has 2 aromatic rings. The summed E-state index contributed by atoms with van der Waals surface area (Å²) in [5.41, 5.74) is 2.97. The molecule has 4 nitrogen and oxygen atoms in total. The second-order valence-corrected chi connectivity index (χ2v) is 6.24. The lowest BCUT2D eigenvalue weighted by Crippen LogP contribution is -2.10. The average Bonchev–Trinajstić information content (AvgIpc) is 2.64. The first-order chi connectivity index (χ1) is 7.41. The summed E-state index contributed by atoms with van der Waals surface area (Å²) in [4.78, 5) is 4.14. The maximum atomic E-state index is 9.89. The number of aromatic nitrogens is 1. The molecule has 0 aliphatic rings. The number of rotatable bonds is 1. The highest BCUT2D eigenvalue weighted by Gasteiger charge is 2.08. The van der Waals surface area contributed by atoms with Crippen molar-refractivity contribution >= 4 is 31.7 Å². The predicted octanol–water partition coefficient (Wildman–Crippen LogP) is 2.58. The Morgan fingerprint density at radius 2 is 1.88 bits per heavy atom. The minimum Gasteiger partial charge on any atom is -0.285 e. The van der Waals surface area contributed by atoms with E-state index in [4.69, 9.17) is 4.55 Å². The van der Waals surface area contributed by atoms with Crippen LogP contribution in [0.5, 0.6) is 0 Å². The maximum absolute atomic E-state index is 9.89. The van der Waals surface area contributed by atoms with Gasteiger partial charge in [-0.05, 0) is 26.0 Å². The van der Waals surface area contributed by atoms with Crippen LogP contribution in [0, 0.1) is 0 Å². The quantitative estimate of drug-likeness (QED) is 0.799. The van der Waals surface area contributed by atoms with Gasteiger partial charge < -0.3 is 0 Å². The number of fused-ring (bicyclic) bond motifs is 1. The van der Waals surface area contributed by atoms with Gasteiger partial charge >= 0.3 is 0 Å². The summed E-state index contributed by atoms with van der Waals surface area (Å²) in [6, 6.07) is 8.13. The fourth-order valence-corrected chi connectivity index (χ4v) is 1.48. The van der Waals surface area contributed by atoms with Crippen molar-refractivity contribution in [3.8, 4) is 0 Å². The van der Waals surface area contributed by atoms with Gasteiger partial charge in [-0.25, -0.2) is 4.98 Å². The summed E-state index contributed by atoms with van der Waals surface area (Å²) in [7, 11) is -3.74. The van der Waals surface area contributed by atoms with Crippen molar-refractivity contribution in [3.63, 3.8) is 0 Å². The minimum absolute atomic E-state index is 0.674. The molecule has 0 saturated heterocycles. The molecule has 0 bridgehead atoms. The van der Waals surface area contributed by atoms with Crippen molar-refractivity contribution in [3.05, 3.63) is 29.8 Å². The molecule has 0 aliphatic heterocycles. The van der Waals surface area contributed by atoms with E-state index in [1.54, 1.807) is 11.3 Å². The van der Waals surface area contributed by atoms with E-state index >= 15 is 0 Å². The lowest BCUT2D eigenvalue weighted by molar-refractivity contribution is 0.473. The molecule has 2 rings (SSSR count). The van der Waals surface area contributed by atoms with Gasteiger partial charge in [0.2, 0.25) is 0 Å². The number of hydrogen-bond acceptors (Lipinski definition) is 4. The number of thiazole rings is 1. The van der Waals surface area contributed by atoms with Crippen LogP contribution in [0.2, 0.25) is 0 Å². The van der Waals surface area contributed by atoms with Crippen LogP contribution in [0.15, 0.2) is 29.8 Å². The molecule has 0 aliphatic carbocycles. The summed E-state index contributed by atoms with van der Waals surface area (Å²) < 4.78 is 29.1. The van der Waals surface area contributed by atoms with Crippen LogP contribution >= 0.6 is 11.3 Å². The van der Waals surface area contributed by atoms with Crippen LogP contribution in [0.4, 0.5) is 0 Å². The molecule has 88 valence electrons. The Kier molecular flexibility index (Phi) is 4.40. The monoisotopic (exact) mass is 259 g/mol. The van der Waals surface area contributed by atoms with Crippen molar-refractivity contribution in [1.82, 2.24) is 4.98 Å². The van der Waals surface area contributed by atoms with E-state index < -0.39 is 15.4 Å². The first-order valence-corrected chi connectivity index (χ1v) is 7.04. The van der Waals surface area contributed by atoms with Gasteiger partial charge in [-0.1, -0.05) is 12.1 Å².